The molecule has 2 aromatic heterocycles. The number of benzene rings is 4. The predicted molar refractivity (Wildman–Crippen MR) is 170 cm³/mol. The lowest BCUT2D eigenvalue weighted by Crippen LogP contribution is -2.31. The van der Waals surface area contributed by atoms with Gasteiger partial charge in [0.05, 0.1) is 16.3 Å². The van der Waals surface area contributed by atoms with Crippen LogP contribution in [-0.2, 0) is 44.9 Å². The molecule has 48 heavy (non-hydrogen) atoms. The van der Waals surface area contributed by atoms with E-state index in [0.29, 0.717) is 33.0 Å². The highest BCUT2D eigenvalue weighted by atomic mass is 32.2. The minimum atomic E-state index is -4.74. The average molecular weight is 697 g/mol. The average Bonchev–Trinajstić information content (AvgIpc) is 3.69. The smallest absolute Gasteiger partial charge is 0.449 e. The van der Waals surface area contributed by atoms with Crippen molar-refractivity contribution in [2.75, 3.05) is 0 Å². The lowest BCUT2D eigenvalue weighted by molar-refractivity contribution is -0.153. The van der Waals surface area contributed by atoms with E-state index in [1.807, 2.05) is 0 Å². The summed E-state index contributed by atoms with van der Waals surface area (Å²) in [5.41, 5.74) is 2.19. The topological polar surface area (TPSA) is 131 Å². The Labute approximate surface area is 273 Å². The summed E-state index contributed by atoms with van der Waals surface area (Å²) in [5.74, 6) is -2.38. The van der Waals surface area contributed by atoms with Crippen LogP contribution in [-0.4, -0.2) is 31.4 Å². The third-order valence-electron chi connectivity index (χ3n) is 7.67. The molecule has 0 aliphatic carbocycles. The van der Waals surface area contributed by atoms with Crippen molar-refractivity contribution in [1.82, 2.24) is 9.46 Å². The SMILES string of the molecule is Cc1ccc2ccccc2c1S(=O)(=O)N(Cc1ccc(-c2cccc(S(=O)(=O)Cc3cc(O)no3)c2)cc1)Cc1ccc(C(F)(F)F)o1. The van der Waals surface area contributed by atoms with Crippen molar-refractivity contribution in [2.24, 2.45) is 0 Å². The number of aryl methyl sites for hydroxylation is 1. The Hall–Kier alpha value is -4.92. The van der Waals surface area contributed by atoms with Crippen molar-refractivity contribution in [3.8, 4) is 17.0 Å². The Kier molecular flexibility index (Phi) is 8.66. The molecule has 248 valence electrons. The molecular weight excluding hydrogens is 670 g/mol. The summed E-state index contributed by atoms with van der Waals surface area (Å²) in [6.07, 6.45) is -4.74. The highest BCUT2D eigenvalue weighted by Gasteiger charge is 2.36. The zero-order valence-electron chi connectivity index (χ0n) is 25.2. The van der Waals surface area contributed by atoms with Crippen molar-refractivity contribution < 1.29 is 44.1 Å². The monoisotopic (exact) mass is 696 g/mol. The van der Waals surface area contributed by atoms with E-state index in [-0.39, 0.29) is 27.9 Å². The van der Waals surface area contributed by atoms with Crippen LogP contribution >= 0.6 is 0 Å². The van der Waals surface area contributed by atoms with E-state index in [0.717, 1.165) is 22.5 Å². The molecule has 0 spiro atoms. The van der Waals surface area contributed by atoms with Gasteiger partial charge >= 0.3 is 6.18 Å². The maximum atomic E-state index is 14.3. The Balaban J connectivity index is 1.32. The number of sulfone groups is 1. The number of aromatic hydroxyl groups is 1. The van der Waals surface area contributed by atoms with Crippen LogP contribution in [0.3, 0.4) is 0 Å². The summed E-state index contributed by atoms with van der Waals surface area (Å²) in [4.78, 5) is 0.0535. The number of aromatic nitrogens is 1. The number of rotatable bonds is 10. The molecule has 0 unspecified atom stereocenters. The van der Waals surface area contributed by atoms with Crippen molar-refractivity contribution in [3.05, 3.63) is 132 Å². The standard InChI is InChI=1S/C34H27F3N2O7S2/c1-22-9-12-25-5-2-3-8-30(25)33(22)48(43,44)39(20-27-15-16-31(45-27)34(35,36)37)19-23-10-13-24(14-11-23)26-6-4-7-29(17-26)47(41,42)21-28-18-32(40)38-46-28/h2-18H,19-21H2,1H3,(H,38,40). The van der Waals surface area contributed by atoms with Gasteiger partial charge in [-0.05, 0) is 64.0 Å². The number of nitrogens with zero attached hydrogens (tertiary/aromatic N) is 2. The molecule has 9 nitrogen and oxygen atoms in total. The van der Waals surface area contributed by atoms with Crippen LogP contribution in [0.4, 0.5) is 13.2 Å². The van der Waals surface area contributed by atoms with Gasteiger partial charge in [-0.25, -0.2) is 16.8 Å². The normalized spacial score (nSPS) is 12.6. The summed E-state index contributed by atoms with van der Waals surface area (Å²) in [5, 5.41) is 13.8. The third kappa shape index (κ3) is 6.86. The number of furan rings is 1. The van der Waals surface area contributed by atoms with Gasteiger partial charge in [0, 0.05) is 18.0 Å². The predicted octanol–water partition coefficient (Wildman–Crippen LogP) is 7.49. The molecule has 6 aromatic rings. The number of fused-ring (bicyclic) bond motifs is 1. The molecule has 0 bridgehead atoms. The van der Waals surface area contributed by atoms with Gasteiger partial charge in [0.2, 0.25) is 15.8 Å². The molecule has 0 aliphatic rings. The summed E-state index contributed by atoms with van der Waals surface area (Å²) in [7, 11) is -8.14. The van der Waals surface area contributed by atoms with Crippen molar-refractivity contribution >= 4 is 30.6 Å². The quantitative estimate of drug-likeness (QED) is 0.156. The first kappa shape index (κ1) is 33.0. The largest absolute Gasteiger partial charge is 0.491 e. The fraction of sp³-hybridized carbons (Fsp3) is 0.147. The van der Waals surface area contributed by atoms with Gasteiger partial charge in [-0.15, -0.1) is 0 Å². The molecule has 0 fully saturated rings. The highest BCUT2D eigenvalue weighted by Crippen LogP contribution is 2.34. The molecule has 2 heterocycles. The first-order chi connectivity index (χ1) is 22.7. The summed E-state index contributed by atoms with van der Waals surface area (Å²) >= 11 is 0. The maximum absolute atomic E-state index is 14.3. The van der Waals surface area contributed by atoms with Crippen LogP contribution in [0.2, 0.25) is 0 Å². The van der Waals surface area contributed by atoms with Gasteiger partial charge in [0.25, 0.3) is 5.88 Å². The second-order valence-corrected chi connectivity index (χ2v) is 15.0. The Bertz CT molecular complexity index is 2330. The first-order valence-electron chi connectivity index (χ1n) is 14.4. The van der Waals surface area contributed by atoms with E-state index in [1.165, 1.54) is 12.1 Å². The Morgan fingerprint density at radius 3 is 2.23 bits per heavy atom. The van der Waals surface area contributed by atoms with Crippen LogP contribution in [0.1, 0.15) is 28.4 Å². The fourth-order valence-electron chi connectivity index (χ4n) is 5.35. The summed E-state index contributed by atoms with van der Waals surface area (Å²) in [6.45, 7) is 0.988. The van der Waals surface area contributed by atoms with Crippen LogP contribution < -0.4 is 0 Å². The molecule has 0 saturated heterocycles. The summed E-state index contributed by atoms with van der Waals surface area (Å²) in [6, 6.07) is 26.3. The minimum absolute atomic E-state index is 0.0133. The van der Waals surface area contributed by atoms with Crippen molar-refractivity contribution in [3.63, 3.8) is 0 Å². The first-order valence-corrected chi connectivity index (χ1v) is 17.5. The second-order valence-electron chi connectivity index (χ2n) is 11.1. The van der Waals surface area contributed by atoms with E-state index in [9.17, 15) is 35.1 Å². The van der Waals surface area contributed by atoms with Crippen LogP contribution in [0.5, 0.6) is 5.88 Å². The zero-order chi connectivity index (χ0) is 34.3. The molecule has 14 heteroatoms. The maximum Gasteiger partial charge on any atom is 0.449 e. The van der Waals surface area contributed by atoms with Crippen molar-refractivity contribution in [1.29, 1.82) is 0 Å². The van der Waals surface area contributed by atoms with E-state index in [1.54, 1.807) is 79.7 Å². The van der Waals surface area contributed by atoms with Gasteiger partial charge in [-0.2, -0.15) is 17.5 Å². The number of hydrogen-bond acceptors (Lipinski definition) is 8. The molecule has 0 saturated carbocycles. The van der Waals surface area contributed by atoms with Crippen molar-refractivity contribution in [2.45, 2.75) is 41.7 Å². The van der Waals surface area contributed by atoms with E-state index >= 15 is 0 Å². The number of hydrogen-bond donors (Lipinski definition) is 1. The van der Waals surface area contributed by atoms with Gasteiger partial charge in [-0.3, -0.25) is 0 Å². The van der Waals surface area contributed by atoms with E-state index in [2.05, 4.69) is 5.16 Å². The van der Waals surface area contributed by atoms with E-state index in [4.69, 9.17) is 8.94 Å². The second kappa shape index (κ2) is 12.6. The van der Waals surface area contributed by atoms with Crippen LogP contribution in [0.15, 0.2) is 122 Å². The fourth-order valence-corrected chi connectivity index (χ4v) is 8.44. The van der Waals surface area contributed by atoms with Gasteiger partial charge in [0.1, 0.15) is 11.5 Å². The number of sulfonamides is 1. The lowest BCUT2D eigenvalue weighted by Gasteiger charge is -2.24. The third-order valence-corrected chi connectivity index (χ3v) is 11.3. The van der Waals surface area contributed by atoms with Gasteiger partial charge < -0.3 is 14.0 Å². The molecule has 6 rings (SSSR count). The summed E-state index contributed by atoms with van der Waals surface area (Å²) < 4.78 is 105. The van der Waals surface area contributed by atoms with Gasteiger partial charge in [0.15, 0.2) is 15.6 Å². The Morgan fingerprint density at radius 1 is 0.792 bits per heavy atom. The Morgan fingerprint density at radius 2 is 1.54 bits per heavy atom. The van der Waals surface area contributed by atoms with Gasteiger partial charge in [-0.1, -0.05) is 72.8 Å². The van der Waals surface area contributed by atoms with Crippen LogP contribution in [0, 0.1) is 6.92 Å². The van der Waals surface area contributed by atoms with E-state index < -0.39 is 50.0 Å². The molecule has 0 amide bonds. The number of halogens is 3. The minimum Gasteiger partial charge on any atom is -0.491 e. The molecule has 0 atom stereocenters. The highest BCUT2D eigenvalue weighted by molar-refractivity contribution is 7.90. The molecular formula is C34H27F3N2O7S2. The lowest BCUT2D eigenvalue weighted by atomic mass is 10.0. The molecule has 0 aliphatic heterocycles. The zero-order valence-corrected chi connectivity index (χ0v) is 26.8. The molecule has 0 radical (unpaired) electrons. The molecule has 1 N–H and O–H groups in total. The number of alkyl halides is 3. The van der Waals surface area contributed by atoms with Crippen LogP contribution in [0.25, 0.3) is 21.9 Å². The molecule has 4 aromatic carbocycles.